The number of fused-ring (bicyclic) bond motifs is 1. The number of rotatable bonds is 6. The summed E-state index contributed by atoms with van der Waals surface area (Å²) >= 11 is 1.63. The second kappa shape index (κ2) is 9.34. The average molecular weight is 440 g/mol. The first kappa shape index (κ1) is 21.1. The second-order valence-electron chi connectivity index (χ2n) is 7.61. The molecule has 1 N–H and O–H groups in total. The maximum Gasteiger partial charge on any atom is 0.311 e. The molecule has 0 unspecified atom stereocenters. The van der Waals surface area contributed by atoms with Crippen molar-refractivity contribution >= 4 is 44.2 Å². The van der Waals surface area contributed by atoms with Crippen molar-refractivity contribution < 1.29 is 19.1 Å². The number of ether oxygens (including phenoxy) is 2. The molecule has 1 saturated heterocycles. The summed E-state index contributed by atoms with van der Waals surface area (Å²) in [6.45, 7) is 3.01. The van der Waals surface area contributed by atoms with Crippen LogP contribution < -0.4 is 15.0 Å². The number of benzene rings is 2. The van der Waals surface area contributed by atoms with Gasteiger partial charge in [-0.2, -0.15) is 0 Å². The van der Waals surface area contributed by atoms with E-state index in [-0.39, 0.29) is 18.5 Å². The number of aromatic nitrogens is 1. The van der Waals surface area contributed by atoms with Gasteiger partial charge in [-0.3, -0.25) is 9.59 Å². The van der Waals surface area contributed by atoms with Gasteiger partial charge in [0.1, 0.15) is 5.75 Å². The molecule has 31 heavy (non-hydrogen) atoms. The van der Waals surface area contributed by atoms with Crippen LogP contribution in [-0.2, 0) is 14.3 Å². The van der Waals surface area contributed by atoms with E-state index in [2.05, 4.69) is 10.2 Å². The molecule has 0 saturated carbocycles. The molecule has 0 spiro atoms. The van der Waals surface area contributed by atoms with E-state index in [9.17, 15) is 9.59 Å². The number of amides is 1. The SMILES string of the molecule is COc1ccc(C)cc1NC(=O)COC(=O)[C@@H]1CCCN(c2nc3ccccc3s2)C1. The molecule has 4 rings (SSSR count). The predicted molar refractivity (Wildman–Crippen MR) is 122 cm³/mol. The minimum atomic E-state index is -0.393. The molecule has 2 heterocycles. The Hall–Kier alpha value is -3.13. The number of piperidine rings is 1. The molecule has 0 aliphatic carbocycles. The Kier molecular flexibility index (Phi) is 6.36. The lowest BCUT2D eigenvalue weighted by Gasteiger charge is -2.31. The molecule has 7 nitrogen and oxygen atoms in total. The standard InChI is InChI=1S/C23H25N3O4S/c1-15-9-10-19(29-2)18(12-15)24-21(27)14-30-22(28)16-6-5-11-26(13-16)23-25-17-7-3-4-8-20(17)31-23/h3-4,7-10,12,16H,5-6,11,13-14H2,1-2H3,(H,24,27)/t16-/m1/s1. The second-order valence-corrected chi connectivity index (χ2v) is 8.62. The van der Waals surface area contributed by atoms with Crippen LogP contribution in [0.5, 0.6) is 5.75 Å². The molecule has 1 amide bonds. The van der Waals surface area contributed by atoms with Crippen molar-refractivity contribution in [2.45, 2.75) is 19.8 Å². The van der Waals surface area contributed by atoms with Gasteiger partial charge in [0.05, 0.1) is 28.9 Å². The lowest BCUT2D eigenvalue weighted by molar-refractivity contribution is -0.151. The molecule has 8 heteroatoms. The van der Waals surface area contributed by atoms with Crippen molar-refractivity contribution in [1.29, 1.82) is 0 Å². The summed E-state index contributed by atoms with van der Waals surface area (Å²) in [4.78, 5) is 31.7. The number of nitrogens with zero attached hydrogens (tertiary/aromatic N) is 2. The fraction of sp³-hybridized carbons (Fsp3) is 0.348. The highest BCUT2D eigenvalue weighted by molar-refractivity contribution is 7.22. The number of esters is 1. The number of hydrogen-bond donors (Lipinski definition) is 1. The highest BCUT2D eigenvalue weighted by atomic mass is 32.1. The van der Waals surface area contributed by atoms with Crippen LogP contribution in [0, 0.1) is 12.8 Å². The fourth-order valence-corrected chi connectivity index (χ4v) is 4.70. The van der Waals surface area contributed by atoms with Gasteiger partial charge in [0.2, 0.25) is 0 Å². The average Bonchev–Trinajstić information content (AvgIpc) is 3.22. The van der Waals surface area contributed by atoms with Gasteiger partial charge >= 0.3 is 5.97 Å². The molecule has 1 fully saturated rings. The Balaban J connectivity index is 1.33. The van der Waals surface area contributed by atoms with Gasteiger partial charge in [-0.05, 0) is 49.6 Å². The number of aryl methyl sites for hydroxylation is 1. The van der Waals surface area contributed by atoms with Crippen LogP contribution in [0.25, 0.3) is 10.2 Å². The van der Waals surface area contributed by atoms with Gasteiger partial charge in [-0.15, -0.1) is 0 Å². The third kappa shape index (κ3) is 4.96. The quantitative estimate of drug-likeness (QED) is 0.585. The van der Waals surface area contributed by atoms with Crippen molar-refractivity contribution in [2.75, 3.05) is 37.0 Å². The Morgan fingerprint density at radius 1 is 1.26 bits per heavy atom. The molecule has 1 aromatic heterocycles. The van der Waals surface area contributed by atoms with Crippen LogP contribution in [0.15, 0.2) is 42.5 Å². The first-order valence-corrected chi connectivity index (χ1v) is 11.1. The van der Waals surface area contributed by atoms with E-state index < -0.39 is 5.91 Å². The number of anilines is 2. The van der Waals surface area contributed by atoms with Gasteiger partial charge in [0, 0.05) is 13.1 Å². The number of carbonyl (C=O) groups excluding carboxylic acids is 2. The van der Waals surface area contributed by atoms with E-state index in [4.69, 9.17) is 14.5 Å². The molecule has 0 radical (unpaired) electrons. The molecule has 1 aliphatic heterocycles. The smallest absolute Gasteiger partial charge is 0.311 e. The van der Waals surface area contributed by atoms with Crippen molar-refractivity contribution in [3.63, 3.8) is 0 Å². The molecule has 162 valence electrons. The van der Waals surface area contributed by atoms with Crippen molar-refractivity contribution in [2.24, 2.45) is 5.92 Å². The first-order valence-electron chi connectivity index (χ1n) is 10.2. The Morgan fingerprint density at radius 2 is 2.10 bits per heavy atom. The van der Waals surface area contributed by atoms with Crippen LogP contribution in [0.3, 0.4) is 0 Å². The van der Waals surface area contributed by atoms with Crippen LogP contribution in [-0.4, -0.2) is 43.7 Å². The maximum atomic E-state index is 12.6. The third-order valence-corrected chi connectivity index (χ3v) is 6.38. The number of thiazole rings is 1. The normalized spacial score (nSPS) is 16.2. The number of nitrogens with one attached hydrogen (secondary N) is 1. The summed E-state index contributed by atoms with van der Waals surface area (Å²) in [5.41, 5.74) is 2.52. The number of methoxy groups -OCH3 is 1. The molecule has 3 aromatic rings. The van der Waals surface area contributed by atoms with Gasteiger partial charge in [-0.25, -0.2) is 4.98 Å². The summed E-state index contributed by atoms with van der Waals surface area (Å²) in [7, 11) is 1.54. The lowest BCUT2D eigenvalue weighted by Crippen LogP contribution is -2.40. The zero-order valence-electron chi connectivity index (χ0n) is 17.6. The molecular formula is C23H25N3O4S. The zero-order chi connectivity index (χ0) is 21.8. The Labute approximate surface area is 185 Å². The van der Waals surface area contributed by atoms with Gasteiger partial charge in [-0.1, -0.05) is 29.5 Å². The van der Waals surface area contributed by atoms with Crippen molar-refractivity contribution in [3.8, 4) is 5.75 Å². The molecular weight excluding hydrogens is 414 g/mol. The van der Waals surface area contributed by atoms with E-state index in [1.807, 2.05) is 43.3 Å². The minimum absolute atomic E-state index is 0.276. The zero-order valence-corrected chi connectivity index (χ0v) is 18.4. The van der Waals surface area contributed by atoms with Crippen molar-refractivity contribution in [3.05, 3.63) is 48.0 Å². The maximum absolute atomic E-state index is 12.6. The number of para-hydroxylation sites is 1. The highest BCUT2D eigenvalue weighted by Crippen LogP contribution is 2.31. The number of hydrogen-bond acceptors (Lipinski definition) is 7. The third-order valence-electron chi connectivity index (χ3n) is 5.28. The monoisotopic (exact) mass is 439 g/mol. The van der Waals surface area contributed by atoms with Crippen LogP contribution >= 0.6 is 11.3 Å². The summed E-state index contributed by atoms with van der Waals surface area (Å²) in [5, 5.41) is 3.67. The van der Waals surface area contributed by atoms with Crippen molar-refractivity contribution in [1.82, 2.24) is 4.98 Å². The van der Waals surface area contributed by atoms with Crippen LogP contribution in [0.1, 0.15) is 18.4 Å². The fourth-order valence-electron chi connectivity index (χ4n) is 3.70. The van der Waals surface area contributed by atoms with E-state index in [0.717, 1.165) is 40.3 Å². The number of carbonyl (C=O) groups is 2. The summed E-state index contributed by atoms with van der Waals surface area (Å²) in [5.74, 6) is -0.459. The van der Waals surface area contributed by atoms with E-state index >= 15 is 0 Å². The van der Waals surface area contributed by atoms with Crippen LogP contribution in [0.2, 0.25) is 0 Å². The van der Waals surface area contributed by atoms with E-state index in [1.165, 1.54) is 0 Å². The van der Waals surface area contributed by atoms with E-state index in [0.29, 0.717) is 18.0 Å². The highest BCUT2D eigenvalue weighted by Gasteiger charge is 2.29. The predicted octanol–water partition coefficient (Wildman–Crippen LogP) is 4.01. The van der Waals surface area contributed by atoms with Gasteiger partial charge in [0.15, 0.2) is 11.7 Å². The van der Waals surface area contributed by atoms with Gasteiger partial charge in [0.25, 0.3) is 5.91 Å². The topological polar surface area (TPSA) is 80.8 Å². The summed E-state index contributed by atoms with van der Waals surface area (Å²) in [6.07, 6.45) is 1.62. The molecule has 0 bridgehead atoms. The van der Waals surface area contributed by atoms with Gasteiger partial charge < -0.3 is 19.7 Å². The van der Waals surface area contributed by atoms with E-state index in [1.54, 1.807) is 24.5 Å². The Bertz CT molecular complexity index is 1060. The molecule has 2 aromatic carbocycles. The largest absolute Gasteiger partial charge is 0.495 e. The molecule has 1 aliphatic rings. The first-order chi connectivity index (χ1) is 15.0. The Morgan fingerprint density at radius 3 is 2.90 bits per heavy atom. The van der Waals surface area contributed by atoms with Crippen LogP contribution in [0.4, 0.5) is 10.8 Å². The lowest BCUT2D eigenvalue weighted by atomic mass is 9.99. The summed E-state index contributed by atoms with van der Waals surface area (Å²) < 4.78 is 11.7. The molecule has 1 atom stereocenters. The minimum Gasteiger partial charge on any atom is -0.495 e. The summed E-state index contributed by atoms with van der Waals surface area (Å²) in [6, 6.07) is 13.5.